The number of piperazine rings is 1. The molecule has 2 unspecified atom stereocenters. The number of hydrogen-bond donors (Lipinski definition) is 1. The predicted molar refractivity (Wildman–Crippen MR) is 110 cm³/mol. The lowest BCUT2D eigenvalue weighted by molar-refractivity contribution is -0.181. The van der Waals surface area contributed by atoms with Crippen molar-refractivity contribution in [2.45, 2.75) is 44.9 Å². The summed E-state index contributed by atoms with van der Waals surface area (Å²) in [6, 6.07) is -0.942. The third kappa shape index (κ3) is 6.70. The number of rotatable bonds is 6. The van der Waals surface area contributed by atoms with E-state index in [1.54, 1.807) is 0 Å². The lowest BCUT2D eigenvalue weighted by atomic mass is 10.2. The van der Waals surface area contributed by atoms with Gasteiger partial charge in [0.05, 0.1) is 6.54 Å². The molecule has 2 atom stereocenters. The Bertz CT molecular complexity index is 444. The fourth-order valence-corrected chi connectivity index (χ4v) is 3.35. The van der Waals surface area contributed by atoms with Crippen LogP contribution < -0.4 is 5.32 Å². The van der Waals surface area contributed by atoms with Crippen LogP contribution in [0.1, 0.15) is 26.7 Å². The molecule has 0 aromatic carbocycles. The average Bonchev–Trinajstić information content (AvgIpc) is 3.37. The van der Waals surface area contributed by atoms with Gasteiger partial charge in [-0.05, 0) is 46.7 Å². The zero-order valence-corrected chi connectivity index (χ0v) is 18.6. The lowest BCUT2D eigenvalue weighted by Gasteiger charge is -2.39. The van der Waals surface area contributed by atoms with Gasteiger partial charge in [0.1, 0.15) is 6.04 Å². The quantitative estimate of drug-likeness (QED) is 0.352. The minimum atomic E-state index is -4.16. The van der Waals surface area contributed by atoms with Gasteiger partial charge in [0.2, 0.25) is 0 Å². The highest BCUT2D eigenvalue weighted by Crippen LogP contribution is 2.34. The van der Waals surface area contributed by atoms with Crippen LogP contribution in [0, 0.1) is 5.92 Å². The van der Waals surface area contributed by atoms with E-state index in [0.717, 1.165) is 25.0 Å². The van der Waals surface area contributed by atoms with Crippen molar-refractivity contribution in [1.82, 2.24) is 20.0 Å². The number of likely N-dealkylation sites (N-methyl/N-ethyl adjacent to an activating group) is 1. The number of hydrogen-bond acceptors (Lipinski definition) is 3. The van der Waals surface area contributed by atoms with Gasteiger partial charge in [-0.2, -0.15) is 13.2 Å². The SMILES string of the molecule is CCNC(=NCC(C1CC1)N(C)C)N1CCN(C(C)C(F)(F)F)CC1.I. The van der Waals surface area contributed by atoms with Gasteiger partial charge in [0.15, 0.2) is 5.96 Å². The molecular formula is C17H33F3IN5. The van der Waals surface area contributed by atoms with E-state index in [4.69, 9.17) is 4.99 Å². The summed E-state index contributed by atoms with van der Waals surface area (Å²) in [5, 5.41) is 3.30. The Balaban J connectivity index is 0.00000338. The molecule has 1 aliphatic carbocycles. The van der Waals surface area contributed by atoms with Gasteiger partial charge < -0.3 is 15.1 Å². The van der Waals surface area contributed by atoms with E-state index in [2.05, 4.69) is 29.2 Å². The number of nitrogens with one attached hydrogen (secondary N) is 1. The number of halogens is 4. The van der Waals surface area contributed by atoms with Crippen LogP contribution in [-0.2, 0) is 0 Å². The second-order valence-corrected chi connectivity index (χ2v) is 7.30. The lowest BCUT2D eigenvalue weighted by Crippen LogP contribution is -2.57. The molecule has 0 aromatic heterocycles. The summed E-state index contributed by atoms with van der Waals surface area (Å²) in [5.74, 6) is 1.56. The summed E-state index contributed by atoms with van der Waals surface area (Å²) in [4.78, 5) is 10.6. The molecule has 1 aliphatic heterocycles. The van der Waals surface area contributed by atoms with Gasteiger partial charge >= 0.3 is 6.18 Å². The first kappa shape index (κ1) is 23.7. The highest BCUT2D eigenvalue weighted by Gasteiger charge is 2.41. The van der Waals surface area contributed by atoms with Crippen LogP contribution in [0.4, 0.5) is 13.2 Å². The number of aliphatic imine (C=N–C) groups is 1. The Kier molecular flexibility index (Phi) is 9.42. The molecule has 1 saturated heterocycles. The molecule has 26 heavy (non-hydrogen) atoms. The van der Waals surface area contributed by atoms with Gasteiger partial charge in [-0.1, -0.05) is 0 Å². The second kappa shape index (κ2) is 10.3. The standard InChI is InChI=1S/C17H32F3N5.HI/c1-5-21-16(22-12-15(23(3)4)14-6-7-14)25-10-8-24(9-11-25)13(2)17(18,19)20;/h13-15H,5-12H2,1-4H3,(H,21,22);1H. The Morgan fingerprint density at radius 2 is 1.77 bits per heavy atom. The molecule has 0 bridgehead atoms. The van der Waals surface area contributed by atoms with Crippen molar-refractivity contribution in [3.05, 3.63) is 0 Å². The van der Waals surface area contributed by atoms with E-state index in [1.165, 1.54) is 24.7 Å². The average molecular weight is 491 g/mol. The summed E-state index contributed by atoms with van der Waals surface area (Å²) >= 11 is 0. The van der Waals surface area contributed by atoms with Gasteiger partial charge in [0.25, 0.3) is 0 Å². The molecule has 1 saturated carbocycles. The van der Waals surface area contributed by atoms with Crippen molar-refractivity contribution in [2.75, 3.05) is 53.4 Å². The first-order valence-corrected chi connectivity index (χ1v) is 9.24. The summed E-state index contributed by atoms with van der Waals surface area (Å²) in [6.07, 6.45) is -1.63. The first-order chi connectivity index (χ1) is 11.7. The molecule has 2 rings (SSSR count). The Morgan fingerprint density at radius 3 is 2.19 bits per heavy atom. The number of nitrogens with zero attached hydrogens (tertiary/aromatic N) is 4. The van der Waals surface area contributed by atoms with Gasteiger partial charge in [-0.3, -0.25) is 9.89 Å². The fourth-order valence-electron chi connectivity index (χ4n) is 3.35. The zero-order valence-electron chi connectivity index (χ0n) is 16.2. The normalized spacial score (nSPS) is 22.2. The largest absolute Gasteiger partial charge is 0.403 e. The van der Waals surface area contributed by atoms with E-state index >= 15 is 0 Å². The summed E-state index contributed by atoms with van der Waals surface area (Å²) in [6.45, 7) is 6.71. The van der Waals surface area contributed by atoms with Crippen molar-refractivity contribution >= 4 is 29.9 Å². The van der Waals surface area contributed by atoms with Crippen molar-refractivity contribution in [1.29, 1.82) is 0 Å². The van der Waals surface area contributed by atoms with Crippen LogP contribution >= 0.6 is 24.0 Å². The van der Waals surface area contributed by atoms with Crippen LogP contribution in [0.5, 0.6) is 0 Å². The monoisotopic (exact) mass is 491 g/mol. The minimum Gasteiger partial charge on any atom is -0.357 e. The zero-order chi connectivity index (χ0) is 18.6. The molecule has 0 aromatic rings. The van der Waals surface area contributed by atoms with Gasteiger partial charge in [-0.25, -0.2) is 0 Å². The van der Waals surface area contributed by atoms with E-state index in [9.17, 15) is 13.2 Å². The molecule has 0 amide bonds. The van der Waals surface area contributed by atoms with Crippen LogP contribution in [0.15, 0.2) is 4.99 Å². The van der Waals surface area contributed by atoms with Crippen molar-refractivity contribution in [3.8, 4) is 0 Å². The first-order valence-electron chi connectivity index (χ1n) is 9.24. The Morgan fingerprint density at radius 1 is 1.19 bits per heavy atom. The molecule has 0 radical (unpaired) electrons. The van der Waals surface area contributed by atoms with Crippen molar-refractivity contribution < 1.29 is 13.2 Å². The summed E-state index contributed by atoms with van der Waals surface area (Å²) < 4.78 is 38.6. The van der Waals surface area contributed by atoms with E-state index in [1.807, 2.05) is 6.92 Å². The van der Waals surface area contributed by atoms with E-state index < -0.39 is 12.2 Å². The van der Waals surface area contributed by atoms with Crippen molar-refractivity contribution in [3.63, 3.8) is 0 Å². The predicted octanol–water partition coefficient (Wildman–Crippen LogP) is 2.48. The Hall–Kier alpha value is -0.290. The smallest absolute Gasteiger partial charge is 0.357 e. The maximum absolute atomic E-state index is 12.9. The molecule has 2 fully saturated rings. The molecular weight excluding hydrogens is 458 g/mol. The molecule has 2 aliphatic rings. The highest BCUT2D eigenvalue weighted by molar-refractivity contribution is 14.0. The second-order valence-electron chi connectivity index (χ2n) is 7.30. The molecule has 1 heterocycles. The summed E-state index contributed by atoms with van der Waals surface area (Å²) in [5.41, 5.74) is 0. The third-order valence-electron chi connectivity index (χ3n) is 5.23. The Labute approximate surface area is 172 Å². The molecule has 1 N–H and O–H groups in total. The molecule has 5 nitrogen and oxygen atoms in total. The third-order valence-corrected chi connectivity index (χ3v) is 5.23. The topological polar surface area (TPSA) is 34.1 Å². The van der Waals surface area contributed by atoms with Crippen molar-refractivity contribution in [2.24, 2.45) is 10.9 Å². The maximum atomic E-state index is 12.9. The van der Waals surface area contributed by atoms with Gasteiger partial charge in [-0.15, -0.1) is 24.0 Å². The maximum Gasteiger partial charge on any atom is 0.403 e. The fraction of sp³-hybridized carbons (Fsp3) is 0.941. The number of guanidine groups is 1. The highest BCUT2D eigenvalue weighted by atomic mass is 127. The van der Waals surface area contributed by atoms with E-state index in [-0.39, 0.29) is 24.0 Å². The van der Waals surface area contributed by atoms with Gasteiger partial charge in [0, 0.05) is 38.8 Å². The number of alkyl halides is 3. The molecule has 154 valence electrons. The van der Waals surface area contributed by atoms with Crippen LogP contribution in [0.3, 0.4) is 0 Å². The molecule has 9 heteroatoms. The van der Waals surface area contributed by atoms with E-state index in [0.29, 0.717) is 32.2 Å². The summed E-state index contributed by atoms with van der Waals surface area (Å²) in [7, 11) is 4.17. The van der Waals surface area contributed by atoms with Crippen LogP contribution in [0.2, 0.25) is 0 Å². The van der Waals surface area contributed by atoms with Crippen LogP contribution in [0.25, 0.3) is 0 Å². The minimum absolute atomic E-state index is 0. The molecule has 0 spiro atoms. The van der Waals surface area contributed by atoms with Crippen LogP contribution in [-0.4, -0.2) is 92.3 Å².